The van der Waals surface area contributed by atoms with Crippen LogP contribution in [0.3, 0.4) is 0 Å². The fraction of sp³-hybridized carbons (Fsp3) is 0.571. The van der Waals surface area contributed by atoms with E-state index in [1.807, 2.05) is 7.05 Å². The first-order chi connectivity index (χ1) is 22.4. The molecule has 0 bridgehead atoms. The summed E-state index contributed by atoms with van der Waals surface area (Å²) in [5, 5.41) is 10.1. The molecule has 2 saturated heterocycles. The van der Waals surface area contributed by atoms with E-state index >= 15 is 0 Å². The lowest BCUT2D eigenvalue weighted by molar-refractivity contribution is -0.126. The lowest BCUT2D eigenvalue weighted by Crippen LogP contribution is -2.59. The Hall–Kier alpha value is -3.51. The second kappa shape index (κ2) is 14.7. The van der Waals surface area contributed by atoms with Gasteiger partial charge in [0.25, 0.3) is 5.91 Å². The van der Waals surface area contributed by atoms with Crippen LogP contribution in [0.1, 0.15) is 72.3 Å². The smallest absolute Gasteiger partial charge is 0.336 e. The van der Waals surface area contributed by atoms with Gasteiger partial charge in [-0.15, -0.1) is 0 Å². The minimum Gasteiger partial charge on any atom is -0.478 e. The van der Waals surface area contributed by atoms with E-state index in [9.17, 15) is 32.3 Å². The number of aromatic carboxylic acids is 1. The Morgan fingerprint density at radius 2 is 1.91 bits per heavy atom. The van der Waals surface area contributed by atoms with Crippen LogP contribution in [0.25, 0.3) is 0 Å². The van der Waals surface area contributed by atoms with Crippen LogP contribution in [0, 0.1) is 11.3 Å². The molecule has 1 saturated carbocycles. The number of halogens is 4. The van der Waals surface area contributed by atoms with Crippen molar-refractivity contribution in [2.24, 2.45) is 22.1 Å². The van der Waals surface area contributed by atoms with Gasteiger partial charge in [-0.3, -0.25) is 9.79 Å². The van der Waals surface area contributed by atoms with E-state index in [1.165, 1.54) is 12.4 Å². The molecule has 3 N–H and O–H groups in total. The molecule has 1 spiro atoms. The first-order valence-corrected chi connectivity index (χ1v) is 16.3. The highest BCUT2D eigenvalue weighted by atomic mass is 19.3. The van der Waals surface area contributed by atoms with Crippen LogP contribution < -0.4 is 5.73 Å². The maximum Gasteiger partial charge on any atom is 0.336 e. The van der Waals surface area contributed by atoms with E-state index in [1.54, 1.807) is 29.2 Å². The molecule has 2 atom stereocenters. The number of rotatable bonds is 10. The third kappa shape index (κ3) is 8.32. The maximum absolute atomic E-state index is 13.8. The Bertz CT molecular complexity index is 1440. The molecular formula is C35H44F4N4O4. The number of allylic oxidation sites excluding steroid dienone is 3. The molecule has 256 valence electrons. The molecule has 0 aromatic heterocycles. The monoisotopic (exact) mass is 660 g/mol. The van der Waals surface area contributed by atoms with Gasteiger partial charge in [0.1, 0.15) is 12.0 Å². The fourth-order valence-corrected chi connectivity index (χ4v) is 7.58. The Kier molecular flexibility index (Phi) is 10.9. The van der Waals surface area contributed by atoms with Gasteiger partial charge in [0.15, 0.2) is 0 Å². The second-order valence-electron chi connectivity index (χ2n) is 13.6. The van der Waals surface area contributed by atoms with Gasteiger partial charge in [-0.25, -0.2) is 22.4 Å². The van der Waals surface area contributed by atoms with Crippen molar-refractivity contribution in [2.75, 3.05) is 46.4 Å². The summed E-state index contributed by atoms with van der Waals surface area (Å²) in [5.74, 6) is -4.83. The van der Waals surface area contributed by atoms with Gasteiger partial charge in [0, 0.05) is 69.2 Å². The molecule has 0 radical (unpaired) electrons. The summed E-state index contributed by atoms with van der Waals surface area (Å²) >= 11 is 0. The van der Waals surface area contributed by atoms with E-state index in [0.717, 1.165) is 24.7 Å². The highest BCUT2D eigenvalue weighted by Gasteiger charge is 2.54. The van der Waals surface area contributed by atoms with Gasteiger partial charge in [0.2, 0.25) is 5.92 Å². The Balaban J connectivity index is 1.21. The summed E-state index contributed by atoms with van der Waals surface area (Å²) in [6, 6.07) is 5.18. The molecule has 47 heavy (non-hydrogen) atoms. The largest absolute Gasteiger partial charge is 0.478 e. The highest BCUT2D eigenvalue weighted by molar-refractivity contribution is 6.12. The SMILES string of the molecule is CN1CC2(C1)CN(C(=O)/C(C=NC/C1=C/C/C(F)=C\C(F)CC1)=C/N)C[C@H]2COCc1cccc(C2CCC(F)(F)CC2)c1C(=O)O. The average molecular weight is 661 g/mol. The summed E-state index contributed by atoms with van der Waals surface area (Å²) in [6.07, 6.45) is 4.60. The van der Waals surface area contributed by atoms with Crippen molar-refractivity contribution >= 4 is 18.1 Å². The topological polar surface area (TPSA) is 108 Å². The molecule has 1 amide bonds. The molecule has 3 fully saturated rings. The van der Waals surface area contributed by atoms with Gasteiger partial charge < -0.3 is 25.4 Å². The van der Waals surface area contributed by atoms with E-state index in [2.05, 4.69) is 9.89 Å². The predicted octanol–water partition coefficient (Wildman–Crippen LogP) is 5.80. The van der Waals surface area contributed by atoms with Gasteiger partial charge in [-0.2, -0.15) is 0 Å². The molecule has 2 aliphatic carbocycles. The fourth-order valence-electron chi connectivity index (χ4n) is 7.58. The second-order valence-corrected chi connectivity index (χ2v) is 13.6. The number of carbonyl (C=O) groups is 2. The van der Waals surface area contributed by atoms with Crippen molar-refractivity contribution in [3.8, 4) is 0 Å². The summed E-state index contributed by atoms with van der Waals surface area (Å²) in [4.78, 5) is 34.2. The van der Waals surface area contributed by atoms with Gasteiger partial charge in [-0.1, -0.05) is 29.8 Å². The van der Waals surface area contributed by atoms with Crippen LogP contribution in [-0.4, -0.2) is 91.5 Å². The molecule has 2 heterocycles. The first-order valence-electron chi connectivity index (χ1n) is 16.3. The first kappa shape index (κ1) is 34.8. The van der Waals surface area contributed by atoms with Crippen molar-refractivity contribution in [3.05, 3.63) is 70.2 Å². The van der Waals surface area contributed by atoms with Crippen molar-refractivity contribution in [3.63, 3.8) is 0 Å². The minimum absolute atomic E-state index is 0.00710. The number of ether oxygens (including phenoxy) is 1. The van der Waals surface area contributed by atoms with E-state index in [-0.39, 0.29) is 86.0 Å². The zero-order valence-corrected chi connectivity index (χ0v) is 26.8. The van der Waals surface area contributed by atoms with Crippen LogP contribution in [0.15, 0.2) is 58.5 Å². The van der Waals surface area contributed by atoms with Gasteiger partial charge >= 0.3 is 5.97 Å². The molecule has 1 unspecified atom stereocenters. The zero-order valence-electron chi connectivity index (χ0n) is 26.8. The molecule has 1 aromatic rings. The van der Waals surface area contributed by atoms with Crippen molar-refractivity contribution in [2.45, 2.75) is 69.6 Å². The number of nitrogens with zero attached hydrogens (tertiary/aromatic N) is 3. The number of amides is 1. The third-order valence-electron chi connectivity index (χ3n) is 10.0. The van der Waals surface area contributed by atoms with Crippen molar-refractivity contribution < 1.29 is 37.0 Å². The van der Waals surface area contributed by atoms with Gasteiger partial charge in [0.05, 0.1) is 30.9 Å². The Labute approximate surface area is 273 Å². The van der Waals surface area contributed by atoms with Crippen molar-refractivity contribution in [1.82, 2.24) is 9.80 Å². The number of benzene rings is 1. The van der Waals surface area contributed by atoms with Gasteiger partial charge in [-0.05, 0) is 55.9 Å². The standard InChI is InChI=1S/C35H44F4N4O4/c1-42-20-34(21-42)22-43(32(44)26(14-40)16-41-15-23-5-7-28(36)13-29(37)8-6-23)17-27(34)19-47-18-25-3-2-4-30(31(25)33(45)46)24-9-11-35(38,39)12-10-24/h2-5,13-14,16,24,27,29H,6-12,15,17-22,40H2,1H3,(H,45,46)/b23-5+,26-14+,28-13+,41-16?/t27-,29?/m0/s1. The molecule has 2 aliphatic heterocycles. The molecule has 12 heteroatoms. The summed E-state index contributed by atoms with van der Waals surface area (Å²) in [5.41, 5.74) is 7.87. The van der Waals surface area contributed by atoms with Crippen LogP contribution in [0.2, 0.25) is 0 Å². The normalized spacial score (nSPS) is 27.5. The predicted molar refractivity (Wildman–Crippen MR) is 171 cm³/mol. The molecular weight excluding hydrogens is 616 g/mol. The van der Waals surface area contributed by atoms with Crippen LogP contribution >= 0.6 is 0 Å². The summed E-state index contributed by atoms with van der Waals surface area (Å²) in [7, 11) is 2.01. The summed E-state index contributed by atoms with van der Waals surface area (Å²) < 4.78 is 61.2. The van der Waals surface area contributed by atoms with Crippen molar-refractivity contribution in [1.29, 1.82) is 0 Å². The molecule has 5 rings (SSSR count). The Morgan fingerprint density at radius 1 is 1.17 bits per heavy atom. The van der Waals surface area contributed by atoms with Crippen LogP contribution in [0.5, 0.6) is 0 Å². The Morgan fingerprint density at radius 3 is 2.60 bits per heavy atom. The number of carbonyl (C=O) groups excluding carboxylic acids is 1. The highest BCUT2D eigenvalue weighted by Crippen LogP contribution is 2.45. The van der Waals surface area contributed by atoms with E-state index < -0.39 is 23.9 Å². The summed E-state index contributed by atoms with van der Waals surface area (Å²) in [6.45, 7) is 3.05. The number of hydrogen-bond donors (Lipinski definition) is 2. The number of carboxylic acids is 1. The zero-order chi connectivity index (χ0) is 33.8. The number of likely N-dealkylation sites (tertiary alicyclic amines) is 2. The number of hydrogen-bond acceptors (Lipinski definition) is 6. The molecule has 4 aliphatic rings. The maximum atomic E-state index is 13.8. The van der Waals surface area contributed by atoms with Crippen LogP contribution in [-0.2, 0) is 16.1 Å². The number of carboxylic acid groups (broad SMARTS) is 1. The molecule has 8 nitrogen and oxygen atoms in total. The van der Waals surface area contributed by atoms with E-state index in [0.29, 0.717) is 37.2 Å². The van der Waals surface area contributed by atoms with E-state index in [4.69, 9.17) is 10.5 Å². The third-order valence-corrected chi connectivity index (χ3v) is 10.0. The lowest BCUT2D eigenvalue weighted by atomic mass is 9.72. The molecule has 1 aromatic carbocycles. The number of nitrogens with two attached hydrogens (primary N) is 1. The number of aliphatic imine (C=N–C) groups is 1. The lowest BCUT2D eigenvalue weighted by Gasteiger charge is -2.49. The minimum atomic E-state index is -2.71. The van der Waals surface area contributed by atoms with Crippen LogP contribution in [0.4, 0.5) is 17.6 Å². The average Bonchev–Trinajstić information content (AvgIpc) is 3.38. The number of alkyl halides is 3. The quantitative estimate of drug-likeness (QED) is 0.142.